The summed E-state index contributed by atoms with van der Waals surface area (Å²) < 4.78 is 5.45. The van der Waals surface area contributed by atoms with Crippen LogP contribution >= 0.6 is 11.3 Å². The van der Waals surface area contributed by atoms with E-state index in [1.807, 2.05) is 67.8 Å². The third-order valence-corrected chi connectivity index (χ3v) is 5.72. The second-order valence-electron chi connectivity index (χ2n) is 7.16. The molecule has 160 valence electrons. The van der Waals surface area contributed by atoms with Crippen LogP contribution < -0.4 is 15.0 Å². The largest absolute Gasteiger partial charge is 0.494 e. The van der Waals surface area contributed by atoms with Crippen LogP contribution in [0.5, 0.6) is 5.75 Å². The standard InChI is InChI=1S/C23H24N4O3S/c1-3-30-20-9-7-19(8-10-20)27-12-11-26(23(27)29)14-22(28)25-18-6-4-5-17(13-18)21-15-31-16(2)24-21/h4-10,13,15H,3,11-12,14H2,1-2H3,(H,25,28). The van der Waals surface area contributed by atoms with Gasteiger partial charge < -0.3 is 15.0 Å². The molecule has 7 nitrogen and oxygen atoms in total. The van der Waals surface area contributed by atoms with Gasteiger partial charge in [-0.05, 0) is 50.2 Å². The molecule has 1 aromatic heterocycles. The first-order valence-corrected chi connectivity index (χ1v) is 11.0. The Hall–Kier alpha value is -3.39. The van der Waals surface area contributed by atoms with Gasteiger partial charge in [0.25, 0.3) is 0 Å². The molecule has 0 radical (unpaired) electrons. The topological polar surface area (TPSA) is 74.8 Å². The second-order valence-corrected chi connectivity index (χ2v) is 8.23. The van der Waals surface area contributed by atoms with Crippen LogP contribution in [-0.4, -0.2) is 48.1 Å². The van der Waals surface area contributed by atoms with E-state index in [1.165, 1.54) is 0 Å². The van der Waals surface area contributed by atoms with Gasteiger partial charge in [0.05, 0.1) is 17.3 Å². The molecule has 0 bridgehead atoms. The number of urea groups is 1. The number of carbonyl (C=O) groups excluding carboxylic acids is 2. The minimum absolute atomic E-state index is 0.00635. The normalized spacial score (nSPS) is 13.5. The highest BCUT2D eigenvalue weighted by Crippen LogP contribution is 2.25. The predicted octanol–water partition coefficient (Wildman–Crippen LogP) is 4.40. The molecule has 3 amide bonds. The zero-order valence-corrected chi connectivity index (χ0v) is 18.3. The number of aryl methyl sites for hydroxylation is 1. The van der Waals surface area contributed by atoms with Crippen molar-refractivity contribution in [3.8, 4) is 17.0 Å². The number of carbonyl (C=O) groups is 2. The van der Waals surface area contributed by atoms with Crippen LogP contribution in [0.3, 0.4) is 0 Å². The molecule has 8 heteroatoms. The number of nitrogens with one attached hydrogen (secondary N) is 1. The van der Waals surface area contributed by atoms with Crippen molar-refractivity contribution in [3.63, 3.8) is 0 Å². The number of hydrogen-bond acceptors (Lipinski definition) is 5. The van der Waals surface area contributed by atoms with E-state index < -0.39 is 0 Å². The lowest BCUT2D eigenvalue weighted by Gasteiger charge is -2.19. The fourth-order valence-corrected chi connectivity index (χ4v) is 4.11. The minimum atomic E-state index is -0.228. The first-order chi connectivity index (χ1) is 15.0. The molecule has 0 saturated carbocycles. The lowest BCUT2D eigenvalue weighted by molar-refractivity contribution is -0.116. The Bertz CT molecular complexity index is 1080. The number of ether oxygens (including phenoxy) is 1. The number of nitrogens with zero attached hydrogens (tertiary/aromatic N) is 3. The van der Waals surface area contributed by atoms with Gasteiger partial charge in [-0.15, -0.1) is 11.3 Å². The number of thiazole rings is 1. The lowest BCUT2D eigenvalue weighted by Crippen LogP contribution is -2.37. The molecule has 1 saturated heterocycles. The molecule has 3 aromatic rings. The highest BCUT2D eigenvalue weighted by atomic mass is 32.1. The van der Waals surface area contributed by atoms with Gasteiger partial charge in [-0.3, -0.25) is 9.69 Å². The Balaban J connectivity index is 1.36. The quantitative estimate of drug-likeness (QED) is 0.596. The molecule has 0 aliphatic carbocycles. The third-order valence-electron chi connectivity index (χ3n) is 4.95. The molecule has 31 heavy (non-hydrogen) atoms. The van der Waals surface area contributed by atoms with Crippen molar-refractivity contribution in [2.75, 3.05) is 36.5 Å². The van der Waals surface area contributed by atoms with Crippen LogP contribution in [0.2, 0.25) is 0 Å². The first-order valence-electron chi connectivity index (χ1n) is 10.1. The monoisotopic (exact) mass is 436 g/mol. The third kappa shape index (κ3) is 4.86. The van der Waals surface area contributed by atoms with Gasteiger partial charge in [0, 0.05) is 35.4 Å². The summed E-state index contributed by atoms with van der Waals surface area (Å²) in [6.45, 7) is 5.53. The molecule has 1 aliphatic heterocycles. The summed E-state index contributed by atoms with van der Waals surface area (Å²) in [6, 6.07) is 14.8. The summed E-state index contributed by atoms with van der Waals surface area (Å²) in [5, 5.41) is 5.88. The van der Waals surface area contributed by atoms with Gasteiger partial charge in [0.2, 0.25) is 5.91 Å². The number of rotatable bonds is 7. The van der Waals surface area contributed by atoms with Crippen LogP contribution in [0.4, 0.5) is 16.2 Å². The molecule has 1 fully saturated rings. The van der Waals surface area contributed by atoms with Crippen LogP contribution in [0.15, 0.2) is 53.9 Å². The molecule has 0 spiro atoms. The van der Waals surface area contributed by atoms with Crippen LogP contribution in [0.1, 0.15) is 11.9 Å². The molecule has 1 N–H and O–H groups in total. The maximum atomic E-state index is 12.8. The number of benzene rings is 2. The van der Waals surface area contributed by atoms with E-state index in [2.05, 4.69) is 10.3 Å². The van der Waals surface area contributed by atoms with E-state index >= 15 is 0 Å². The van der Waals surface area contributed by atoms with Crippen molar-refractivity contribution in [2.24, 2.45) is 0 Å². The van der Waals surface area contributed by atoms with E-state index in [0.717, 1.165) is 27.7 Å². The Morgan fingerprint density at radius 2 is 2.00 bits per heavy atom. The lowest BCUT2D eigenvalue weighted by atomic mass is 10.1. The average molecular weight is 437 g/mol. The molecular formula is C23H24N4O3S. The molecular weight excluding hydrogens is 412 g/mol. The fourth-order valence-electron chi connectivity index (χ4n) is 3.48. The van der Waals surface area contributed by atoms with E-state index in [1.54, 1.807) is 21.1 Å². The van der Waals surface area contributed by atoms with Gasteiger partial charge in [-0.2, -0.15) is 0 Å². The Morgan fingerprint density at radius 3 is 2.71 bits per heavy atom. The van der Waals surface area contributed by atoms with E-state index in [9.17, 15) is 9.59 Å². The zero-order chi connectivity index (χ0) is 21.8. The van der Waals surface area contributed by atoms with Crippen molar-refractivity contribution in [3.05, 3.63) is 58.9 Å². The first kappa shape index (κ1) is 20.9. The minimum Gasteiger partial charge on any atom is -0.494 e. The van der Waals surface area contributed by atoms with Crippen LogP contribution in [-0.2, 0) is 4.79 Å². The SMILES string of the molecule is CCOc1ccc(N2CCN(CC(=O)Nc3cccc(-c4csc(C)n4)c3)C2=O)cc1. The molecule has 4 rings (SSSR count). The number of amides is 3. The maximum Gasteiger partial charge on any atom is 0.325 e. The summed E-state index contributed by atoms with van der Waals surface area (Å²) in [7, 11) is 0. The van der Waals surface area contributed by atoms with Gasteiger partial charge >= 0.3 is 6.03 Å². The Kier molecular flexibility index (Phi) is 6.18. The van der Waals surface area contributed by atoms with Crippen molar-refractivity contribution < 1.29 is 14.3 Å². The zero-order valence-electron chi connectivity index (χ0n) is 17.5. The Morgan fingerprint density at radius 1 is 1.19 bits per heavy atom. The Labute approximate surface area is 185 Å². The molecule has 0 unspecified atom stereocenters. The summed E-state index contributed by atoms with van der Waals surface area (Å²) in [5.74, 6) is 0.540. The van der Waals surface area contributed by atoms with E-state index in [-0.39, 0.29) is 18.5 Å². The van der Waals surface area contributed by atoms with Gasteiger partial charge in [0.15, 0.2) is 0 Å². The van der Waals surface area contributed by atoms with E-state index in [0.29, 0.717) is 25.4 Å². The van der Waals surface area contributed by atoms with Crippen molar-refractivity contribution in [2.45, 2.75) is 13.8 Å². The van der Waals surface area contributed by atoms with Gasteiger partial charge in [-0.1, -0.05) is 12.1 Å². The molecule has 2 aromatic carbocycles. The number of hydrogen-bond donors (Lipinski definition) is 1. The number of aromatic nitrogens is 1. The summed E-state index contributed by atoms with van der Waals surface area (Å²) in [6.07, 6.45) is 0. The smallest absolute Gasteiger partial charge is 0.325 e. The summed E-state index contributed by atoms with van der Waals surface area (Å²) >= 11 is 1.59. The van der Waals surface area contributed by atoms with Crippen molar-refractivity contribution >= 4 is 34.6 Å². The summed E-state index contributed by atoms with van der Waals surface area (Å²) in [5.41, 5.74) is 3.31. The molecule has 1 aliphatic rings. The predicted molar refractivity (Wildman–Crippen MR) is 123 cm³/mol. The van der Waals surface area contributed by atoms with Crippen molar-refractivity contribution in [1.82, 2.24) is 9.88 Å². The van der Waals surface area contributed by atoms with Gasteiger partial charge in [-0.25, -0.2) is 9.78 Å². The second kappa shape index (κ2) is 9.18. The summed E-state index contributed by atoms with van der Waals surface area (Å²) in [4.78, 5) is 33.1. The molecule has 2 heterocycles. The number of anilines is 2. The molecule has 0 atom stereocenters. The van der Waals surface area contributed by atoms with Gasteiger partial charge in [0.1, 0.15) is 12.3 Å². The maximum absolute atomic E-state index is 12.8. The highest BCUT2D eigenvalue weighted by Gasteiger charge is 2.30. The van der Waals surface area contributed by atoms with Crippen molar-refractivity contribution in [1.29, 1.82) is 0 Å². The fraction of sp³-hybridized carbons (Fsp3) is 0.261. The highest BCUT2D eigenvalue weighted by molar-refractivity contribution is 7.09. The average Bonchev–Trinajstić information content (AvgIpc) is 3.35. The van der Waals surface area contributed by atoms with E-state index in [4.69, 9.17) is 4.74 Å². The van der Waals surface area contributed by atoms with Crippen LogP contribution in [0.25, 0.3) is 11.3 Å². The van der Waals surface area contributed by atoms with Crippen LogP contribution in [0, 0.1) is 6.92 Å².